The van der Waals surface area contributed by atoms with E-state index in [1.807, 2.05) is 26.0 Å². The van der Waals surface area contributed by atoms with Gasteiger partial charge in [-0.2, -0.15) is 0 Å². The zero-order valence-electron chi connectivity index (χ0n) is 10.8. The first-order valence-electron chi connectivity index (χ1n) is 6.29. The Morgan fingerprint density at radius 1 is 1.41 bits per heavy atom. The number of anilines is 1. The number of nitrogens with zero attached hydrogens (tertiary/aromatic N) is 1. The van der Waals surface area contributed by atoms with E-state index < -0.39 is 0 Å². The first-order valence-corrected chi connectivity index (χ1v) is 6.29. The molecule has 17 heavy (non-hydrogen) atoms. The summed E-state index contributed by atoms with van der Waals surface area (Å²) in [5.74, 6) is 1.21. The Morgan fingerprint density at radius 2 is 2.18 bits per heavy atom. The lowest BCUT2D eigenvalue weighted by Gasteiger charge is -2.33. The van der Waals surface area contributed by atoms with Gasteiger partial charge in [-0.1, -0.05) is 13.8 Å². The van der Waals surface area contributed by atoms with Crippen LogP contribution in [0.25, 0.3) is 0 Å². The highest BCUT2D eigenvalue weighted by atomic mass is 16.1. The number of H-pyrrole nitrogens is 1. The molecule has 94 valence electrons. The monoisotopic (exact) mass is 235 g/mol. The molecule has 4 nitrogen and oxygen atoms in total. The number of pyridine rings is 1. The summed E-state index contributed by atoms with van der Waals surface area (Å²) in [6.07, 6.45) is 0. The van der Waals surface area contributed by atoms with Gasteiger partial charge in [0.05, 0.1) is 0 Å². The van der Waals surface area contributed by atoms with Gasteiger partial charge in [0.2, 0.25) is 0 Å². The second-order valence-electron chi connectivity index (χ2n) is 5.08. The van der Waals surface area contributed by atoms with Gasteiger partial charge in [-0.15, -0.1) is 0 Å². The van der Waals surface area contributed by atoms with Crippen molar-refractivity contribution >= 4 is 5.82 Å². The molecule has 1 aromatic rings. The third-order valence-electron chi connectivity index (χ3n) is 3.26. The van der Waals surface area contributed by atoms with Gasteiger partial charge in [-0.3, -0.25) is 4.79 Å². The van der Waals surface area contributed by atoms with Gasteiger partial charge in [0.1, 0.15) is 5.82 Å². The summed E-state index contributed by atoms with van der Waals surface area (Å²) in [6, 6.07) is 4.44. The Bertz CT molecular complexity index is 439. The van der Waals surface area contributed by atoms with Gasteiger partial charge in [0.25, 0.3) is 5.56 Å². The SMILES string of the molecule is CC1CN(c2ccc(C(C)C)c(=O)[nH]2)CCN1. The van der Waals surface area contributed by atoms with E-state index >= 15 is 0 Å². The zero-order chi connectivity index (χ0) is 12.4. The highest BCUT2D eigenvalue weighted by Crippen LogP contribution is 2.14. The second-order valence-corrected chi connectivity index (χ2v) is 5.08. The van der Waals surface area contributed by atoms with E-state index in [2.05, 4.69) is 22.1 Å². The predicted molar refractivity (Wildman–Crippen MR) is 70.8 cm³/mol. The van der Waals surface area contributed by atoms with Crippen molar-refractivity contribution in [1.29, 1.82) is 0 Å². The number of piperazine rings is 1. The smallest absolute Gasteiger partial charge is 0.252 e. The molecule has 1 fully saturated rings. The summed E-state index contributed by atoms with van der Waals surface area (Å²) < 4.78 is 0. The van der Waals surface area contributed by atoms with Crippen molar-refractivity contribution in [2.75, 3.05) is 24.5 Å². The molecule has 2 N–H and O–H groups in total. The molecule has 0 spiro atoms. The molecule has 1 atom stereocenters. The van der Waals surface area contributed by atoms with Crippen LogP contribution in [0.4, 0.5) is 5.82 Å². The number of rotatable bonds is 2. The fraction of sp³-hybridized carbons (Fsp3) is 0.615. The zero-order valence-corrected chi connectivity index (χ0v) is 10.8. The van der Waals surface area contributed by atoms with E-state index in [1.54, 1.807) is 0 Å². The minimum atomic E-state index is 0.0451. The molecule has 0 radical (unpaired) electrons. The first-order chi connectivity index (χ1) is 8.08. The third kappa shape index (κ3) is 2.69. The van der Waals surface area contributed by atoms with Crippen molar-refractivity contribution in [3.8, 4) is 0 Å². The summed E-state index contributed by atoms with van der Waals surface area (Å²) in [7, 11) is 0. The Kier molecular flexibility index (Phi) is 3.52. The van der Waals surface area contributed by atoms with E-state index in [4.69, 9.17) is 0 Å². The van der Waals surface area contributed by atoms with Crippen LogP contribution in [0.2, 0.25) is 0 Å². The average Bonchev–Trinajstić information content (AvgIpc) is 2.28. The first kappa shape index (κ1) is 12.2. The average molecular weight is 235 g/mol. The molecule has 0 amide bonds. The molecule has 1 aliphatic heterocycles. The minimum absolute atomic E-state index is 0.0451. The lowest BCUT2D eigenvalue weighted by Crippen LogP contribution is -2.49. The van der Waals surface area contributed by atoms with Crippen LogP contribution in [0.3, 0.4) is 0 Å². The molecular weight excluding hydrogens is 214 g/mol. The van der Waals surface area contributed by atoms with Crippen molar-refractivity contribution in [3.05, 3.63) is 28.0 Å². The fourth-order valence-electron chi connectivity index (χ4n) is 2.26. The lowest BCUT2D eigenvalue weighted by molar-refractivity contribution is 0.482. The van der Waals surface area contributed by atoms with Crippen LogP contribution in [0, 0.1) is 0 Å². The summed E-state index contributed by atoms with van der Waals surface area (Å²) in [4.78, 5) is 17.1. The molecule has 1 saturated heterocycles. The van der Waals surface area contributed by atoms with Crippen LogP contribution >= 0.6 is 0 Å². The molecular formula is C13H21N3O. The Labute approximate surface area is 102 Å². The minimum Gasteiger partial charge on any atom is -0.355 e. The number of nitrogens with one attached hydrogen (secondary N) is 2. The number of hydrogen-bond donors (Lipinski definition) is 2. The molecule has 2 rings (SSSR count). The standard InChI is InChI=1S/C13H21N3O/c1-9(2)11-4-5-12(15-13(11)17)16-7-6-14-10(3)8-16/h4-5,9-10,14H,6-8H2,1-3H3,(H,15,17). The Morgan fingerprint density at radius 3 is 2.76 bits per heavy atom. The quantitative estimate of drug-likeness (QED) is 0.812. The molecule has 2 heterocycles. The van der Waals surface area contributed by atoms with Crippen molar-refractivity contribution in [2.24, 2.45) is 0 Å². The van der Waals surface area contributed by atoms with Crippen LogP contribution in [0.15, 0.2) is 16.9 Å². The highest BCUT2D eigenvalue weighted by Gasteiger charge is 2.17. The van der Waals surface area contributed by atoms with Gasteiger partial charge >= 0.3 is 0 Å². The van der Waals surface area contributed by atoms with Crippen LogP contribution in [-0.4, -0.2) is 30.7 Å². The molecule has 0 aliphatic carbocycles. The lowest BCUT2D eigenvalue weighted by atomic mass is 10.1. The van der Waals surface area contributed by atoms with Crippen LogP contribution in [-0.2, 0) is 0 Å². The molecule has 0 bridgehead atoms. The molecule has 1 aliphatic rings. The fourth-order valence-corrected chi connectivity index (χ4v) is 2.26. The third-order valence-corrected chi connectivity index (χ3v) is 3.26. The van der Waals surface area contributed by atoms with E-state index in [1.165, 1.54) is 0 Å². The van der Waals surface area contributed by atoms with Gasteiger partial charge < -0.3 is 15.2 Å². The molecule has 1 aromatic heterocycles. The second kappa shape index (κ2) is 4.92. The Balaban J connectivity index is 2.22. The summed E-state index contributed by atoms with van der Waals surface area (Å²) >= 11 is 0. The largest absolute Gasteiger partial charge is 0.355 e. The van der Waals surface area contributed by atoms with Crippen LogP contribution in [0.5, 0.6) is 0 Å². The van der Waals surface area contributed by atoms with Gasteiger partial charge in [-0.25, -0.2) is 0 Å². The Hall–Kier alpha value is -1.29. The highest BCUT2D eigenvalue weighted by molar-refractivity contribution is 5.40. The van der Waals surface area contributed by atoms with Crippen molar-refractivity contribution in [2.45, 2.75) is 32.7 Å². The maximum absolute atomic E-state index is 11.9. The van der Waals surface area contributed by atoms with E-state index in [0.29, 0.717) is 6.04 Å². The maximum Gasteiger partial charge on any atom is 0.252 e. The van der Waals surface area contributed by atoms with Crippen molar-refractivity contribution in [1.82, 2.24) is 10.3 Å². The molecule has 0 aromatic carbocycles. The van der Waals surface area contributed by atoms with Gasteiger partial charge in [0, 0.05) is 31.2 Å². The van der Waals surface area contributed by atoms with Crippen molar-refractivity contribution in [3.63, 3.8) is 0 Å². The summed E-state index contributed by atoms with van der Waals surface area (Å²) in [5, 5.41) is 3.39. The van der Waals surface area contributed by atoms with Crippen molar-refractivity contribution < 1.29 is 0 Å². The van der Waals surface area contributed by atoms with E-state index in [9.17, 15) is 4.79 Å². The topological polar surface area (TPSA) is 48.1 Å². The van der Waals surface area contributed by atoms with E-state index in [-0.39, 0.29) is 11.5 Å². The number of aromatic nitrogens is 1. The summed E-state index contributed by atoms with van der Waals surface area (Å²) in [5.41, 5.74) is 0.903. The molecule has 4 heteroatoms. The molecule has 1 unspecified atom stereocenters. The van der Waals surface area contributed by atoms with Gasteiger partial charge in [-0.05, 0) is 25.0 Å². The van der Waals surface area contributed by atoms with Crippen LogP contribution in [0.1, 0.15) is 32.3 Å². The normalized spacial score (nSPS) is 20.9. The van der Waals surface area contributed by atoms with Crippen LogP contribution < -0.4 is 15.8 Å². The van der Waals surface area contributed by atoms with Gasteiger partial charge in [0.15, 0.2) is 0 Å². The summed E-state index contributed by atoms with van der Waals surface area (Å²) in [6.45, 7) is 9.09. The number of hydrogen-bond acceptors (Lipinski definition) is 3. The number of aromatic amines is 1. The predicted octanol–water partition coefficient (Wildman–Crippen LogP) is 1.30. The molecule has 0 saturated carbocycles. The van der Waals surface area contributed by atoms with E-state index in [0.717, 1.165) is 31.0 Å². The maximum atomic E-state index is 11.9.